The third-order valence-electron chi connectivity index (χ3n) is 13.6. The largest absolute Gasteiger partial charge is 0.315 e. The molecule has 0 aliphatic heterocycles. The minimum Gasteiger partial charge on any atom is -0.315 e. The molecule has 0 fully saturated rings. The molecule has 0 saturated heterocycles. The summed E-state index contributed by atoms with van der Waals surface area (Å²) in [5.41, 5.74) is 5.49. The van der Waals surface area contributed by atoms with E-state index in [0.717, 1.165) is 39.3 Å². The molecule has 4 nitrogen and oxygen atoms in total. The van der Waals surface area contributed by atoms with Crippen molar-refractivity contribution in [3.63, 3.8) is 0 Å². The summed E-state index contributed by atoms with van der Waals surface area (Å²) in [5.74, 6) is 0. The lowest BCUT2D eigenvalue weighted by Crippen LogP contribution is -2.36. The maximum absolute atomic E-state index is 3.99. The first-order chi connectivity index (χ1) is 31.8. The van der Waals surface area contributed by atoms with Gasteiger partial charge in [0.15, 0.2) is 0 Å². The molecule has 4 N–H and O–H groups in total. The first kappa shape index (κ1) is 55.8. The number of rotatable bonds is 46. The van der Waals surface area contributed by atoms with Crippen LogP contribution in [0.25, 0.3) is 0 Å². The summed E-state index contributed by atoms with van der Waals surface area (Å²) < 4.78 is 0. The van der Waals surface area contributed by atoms with Crippen LogP contribution in [-0.2, 0) is 13.1 Å². The Bertz CT molecular complexity index is 1290. The maximum Gasteiger partial charge on any atom is 0.0452 e. The highest BCUT2D eigenvalue weighted by Crippen LogP contribution is 2.25. The fourth-order valence-electron chi connectivity index (χ4n) is 9.49. The minimum absolute atomic E-state index is 0.221. The molecule has 0 saturated carbocycles. The molecule has 4 heteroatoms. The van der Waals surface area contributed by atoms with Crippen LogP contribution in [0.2, 0.25) is 0 Å². The van der Waals surface area contributed by atoms with Gasteiger partial charge in [0, 0.05) is 38.3 Å². The number of unbranched alkanes of at least 4 members (excludes halogenated alkanes) is 30. The van der Waals surface area contributed by atoms with Gasteiger partial charge in [-0.3, -0.25) is 0 Å². The van der Waals surface area contributed by atoms with Gasteiger partial charge < -0.3 is 21.3 Å². The molecule has 3 aromatic carbocycles. The molecule has 64 heavy (non-hydrogen) atoms. The molecule has 0 aliphatic carbocycles. The van der Waals surface area contributed by atoms with E-state index in [2.05, 4.69) is 120 Å². The molecule has 2 atom stereocenters. The summed E-state index contributed by atoms with van der Waals surface area (Å²) in [7, 11) is 0. The standard InChI is InChI=1S/C60H102N4/c1-3-5-7-9-11-13-15-17-19-21-23-25-27-29-31-41-49-61-53-59(63-51-55-43-35-33-36-44-55)57-47-39-40-48-58(57)60(64-52-56-45-37-34-38-46-56)54-62-50-42-32-30-28-26-24-22-20-18-16-14-12-10-8-6-4-2/h33-40,43-48,59-64H,3-32,41-42,49-54H2,1-2H3. The normalized spacial score (nSPS) is 12.5. The first-order valence-electron chi connectivity index (χ1n) is 27.9. The second-order valence-electron chi connectivity index (χ2n) is 19.5. The molecular formula is C60H102N4. The number of hydrogen-bond acceptors (Lipinski definition) is 4. The molecule has 3 rings (SSSR count). The van der Waals surface area contributed by atoms with Crippen molar-refractivity contribution in [2.45, 2.75) is 244 Å². The molecule has 2 unspecified atom stereocenters. The Labute approximate surface area is 397 Å². The highest BCUT2D eigenvalue weighted by Gasteiger charge is 2.21. The summed E-state index contributed by atoms with van der Waals surface area (Å²) in [6.45, 7) is 10.4. The van der Waals surface area contributed by atoms with E-state index in [9.17, 15) is 0 Å². The average molecular weight is 880 g/mol. The molecule has 0 heterocycles. The zero-order valence-electron chi connectivity index (χ0n) is 42.1. The van der Waals surface area contributed by atoms with Crippen molar-refractivity contribution in [2.75, 3.05) is 26.2 Å². The second-order valence-corrected chi connectivity index (χ2v) is 19.5. The molecule has 0 spiro atoms. The van der Waals surface area contributed by atoms with E-state index in [4.69, 9.17) is 0 Å². The zero-order valence-corrected chi connectivity index (χ0v) is 42.1. The second kappa shape index (κ2) is 41.9. The van der Waals surface area contributed by atoms with Crippen LogP contribution in [0.5, 0.6) is 0 Å². The van der Waals surface area contributed by atoms with Gasteiger partial charge in [-0.25, -0.2) is 0 Å². The highest BCUT2D eigenvalue weighted by molar-refractivity contribution is 5.34. The van der Waals surface area contributed by atoms with Gasteiger partial charge in [0.2, 0.25) is 0 Å². The van der Waals surface area contributed by atoms with E-state index in [0.29, 0.717) is 0 Å². The summed E-state index contributed by atoms with van der Waals surface area (Å²) in [6.07, 6.45) is 45.2. The third-order valence-corrected chi connectivity index (χ3v) is 13.6. The Morgan fingerprint density at radius 2 is 0.547 bits per heavy atom. The van der Waals surface area contributed by atoms with Gasteiger partial charge >= 0.3 is 0 Å². The Morgan fingerprint density at radius 3 is 0.828 bits per heavy atom. The van der Waals surface area contributed by atoms with Crippen molar-refractivity contribution in [1.82, 2.24) is 21.3 Å². The molecule has 362 valence electrons. The van der Waals surface area contributed by atoms with Gasteiger partial charge in [-0.05, 0) is 48.2 Å². The van der Waals surface area contributed by atoms with E-state index in [-0.39, 0.29) is 12.1 Å². The molecule has 0 amide bonds. The smallest absolute Gasteiger partial charge is 0.0452 e. The van der Waals surface area contributed by atoms with Crippen molar-refractivity contribution < 1.29 is 0 Å². The maximum atomic E-state index is 3.99. The SMILES string of the molecule is CCCCCCCCCCCCCCCCCCNCC(NCc1ccccc1)c1ccccc1C(CNCCCCCCCCCCCCCCCCCC)NCc1ccccc1. The van der Waals surface area contributed by atoms with Crippen LogP contribution in [0, 0.1) is 0 Å². The predicted molar refractivity (Wildman–Crippen MR) is 283 cm³/mol. The Balaban J connectivity index is 1.41. The summed E-state index contributed by atoms with van der Waals surface area (Å²) in [6, 6.07) is 31.5. The lowest BCUT2D eigenvalue weighted by atomic mass is 9.94. The van der Waals surface area contributed by atoms with Crippen LogP contribution in [0.15, 0.2) is 84.9 Å². The number of benzene rings is 3. The van der Waals surface area contributed by atoms with Crippen molar-refractivity contribution in [2.24, 2.45) is 0 Å². The number of nitrogens with one attached hydrogen (secondary N) is 4. The van der Waals surface area contributed by atoms with E-state index in [1.165, 1.54) is 228 Å². The van der Waals surface area contributed by atoms with Gasteiger partial charge in [0.1, 0.15) is 0 Å². The minimum atomic E-state index is 0.221. The van der Waals surface area contributed by atoms with Crippen molar-refractivity contribution in [3.8, 4) is 0 Å². The lowest BCUT2D eigenvalue weighted by Gasteiger charge is -2.28. The quantitative estimate of drug-likeness (QED) is 0.0427. The van der Waals surface area contributed by atoms with Crippen molar-refractivity contribution in [3.05, 3.63) is 107 Å². The van der Waals surface area contributed by atoms with Crippen LogP contribution in [0.4, 0.5) is 0 Å². The van der Waals surface area contributed by atoms with Crippen LogP contribution in [0.1, 0.15) is 254 Å². The van der Waals surface area contributed by atoms with E-state index in [1.54, 1.807) is 0 Å². The van der Waals surface area contributed by atoms with Gasteiger partial charge in [-0.15, -0.1) is 0 Å². The Hall–Kier alpha value is -2.50. The summed E-state index contributed by atoms with van der Waals surface area (Å²) in [4.78, 5) is 0. The van der Waals surface area contributed by atoms with Crippen LogP contribution < -0.4 is 21.3 Å². The van der Waals surface area contributed by atoms with Crippen molar-refractivity contribution >= 4 is 0 Å². The average Bonchev–Trinajstić information content (AvgIpc) is 3.33. The predicted octanol–water partition coefficient (Wildman–Crippen LogP) is 17.1. The Morgan fingerprint density at radius 1 is 0.297 bits per heavy atom. The molecule has 0 radical (unpaired) electrons. The van der Waals surface area contributed by atoms with Crippen LogP contribution >= 0.6 is 0 Å². The first-order valence-corrected chi connectivity index (χ1v) is 27.9. The van der Waals surface area contributed by atoms with Gasteiger partial charge in [-0.2, -0.15) is 0 Å². The molecular weight excluding hydrogens is 777 g/mol. The van der Waals surface area contributed by atoms with Gasteiger partial charge in [0.25, 0.3) is 0 Å². The van der Waals surface area contributed by atoms with Gasteiger partial charge in [-0.1, -0.05) is 291 Å². The summed E-state index contributed by atoms with van der Waals surface area (Å²) in [5, 5.41) is 15.8. The third kappa shape index (κ3) is 29.9. The lowest BCUT2D eigenvalue weighted by molar-refractivity contribution is 0.450. The molecule has 0 aromatic heterocycles. The monoisotopic (exact) mass is 879 g/mol. The molecule has 0 bridgehead atoms. The Kier molecular flexibility index (Phi) is 36.5. The number of hydrogen-bond donors (Lipinski definition) is 4. The topological polar surface area (TPSA) is 48.1 Å². The van der Waals surface area contributed by atoms with Crippen LogP contribution in [0.3, 0.4) is 0 Å². The molecule has 0 aliphatic rings. The van der Waals surface area contributed by atoms with E-state index in [1.807, 2.05) is 0 Å². The highest BCUT2D eigenvalue weighted by atomic mass is 15.0. The van der Waals surface area contributed by atoms with Crippen molar-refractivity contribution in [1.29, 1.82) is 0 Å². The summed E-state index contributed by atoms with van der Waals surface area (Å²) >= 11 is 0. The van der Waals surface area contributed by atoms with Gasteiger partial charge in [0.05, 0.1) is 0 Å². The van der Waals surface area contributed by atoms with E-state index >= 15 is 0 Å². The zero-order chi connectivity index (χ0) is 45.1. The van der Waals surface area contributed by atoms with Crippen LogP contribution in [-0.4, -0.2) is 26.2 Å². The fourth-order valence-corrected chi connectivity index (χ4v) is 9.49. The fraction of sp³-hybridized carbons (Fsp3) is 0.700. The molecule has 3 aromatic rings. The van der Waals surface area contributed by atoms with E-state index < -0.39 is 0 Å².